The van der Waals surface area contributed by atoms with Crippen molar-refractivity contribution in [3.05, 3.63) is 59.6 Å². The Morgan fingerprint density at radius 2 is 2.08 bits per heavy atom. The van der Waals surface area contributed by atoms with Gasteiger partial charge in [-0.2, -0.15) is 4.98 Å². The summed E-state index contributed by atoms with van der Waals surface area (Å²) in [4.78, 5) is 40.6. The van der Waals surface area contributed by atoms with Crippen LogP contribution in [0.15, 0.2) is 52.6 Å². The number of anilines is 1. The molecule has 1 fully saturated rings. The number of amides is 1. The van der Waals surface area contributed by atoms with Gasteiger partial charge in [0.05, 0.1) is 11.7 Å². The normalized spacial score (nSPS) is 15.9. The number of rotatable bonds is 7. The first-order valence-corrected chi connectivity index (χ1v) is 12.2. The van der Waals surface area contributed by atoms with Gasteiger partial charge in [-0.3, -0.25) is 13.9 Å². The lowest BCUT2D eigenvalue weighted by Gasteiger charge is -2.32. The highest BCUT2D eigenvalue weighted by Gasteiger charge is 2.29. The zero-order valence-corrected chi connectivity index (χ0v) is 20.3. The van der Waals surface area contributed by atoms with Crippen LogP contribution in [0.4, 0.5) is 5.82 Å². The molecule has 1 amide bonds. The zero-order chi connectivity index (χ0) is 25.2. The Morgan fingerprint density at radius 1 is 1.28 bits per heavy atom. The van der Waals surface area contributed by atoms with E-state index in [0.717, 1.165) is 24.8 Å². The van der Waals surface area contributed by atoms with Crippen molar-refractivity contribution >= 4 is 34.5 Å². The van der Waals surface area contributed by atoms with Crippen LogP contribution in [0, 0.1) is 0 Å². The predicted octanol–water partition coefficient (Wildman–Crippen LogP) is 2.74. The van der Waals surface area contributed by atoms with Gasteiger partial charge < -0.3 is 15.2 Å². The van der Waals surface area contributed by atoms with Crippen molar-refractivity contribution in [2.24, 2.45) is 0 Å². The number of likely N-dealkylation sites (tertiary alicyclic amines) is 1. The average molecular weight is 509 g/mol. The summed E-state index contributed by atoms with van der Waals surface area (Å²) in [6.07, 6.45) is 5.48. The van der Waals surface area contributed by atoms with Crippen LogP contribution < -0.4 is 11.4 Å². The fourth-order valence-corrected chi connectivity index (χ4v) is 4.72. The third kappa shape index (κ3) is 4.26. The summed E-state index contributed by atoms with van der Waals surface area (Å²) in [6.45, 7) is 4.59. The van der Waals surface area contributed by atoms with Gasteiger partial charge in [0.25, 0.3) is 0 Å². The van der Waals surface area contributed by atoms with Crippen molar-refractivity contribution < 1.29 is 9.32 Å². The molecule has 1 atom stereocenters. The zero-order valence-electron chi connectivity index (χ0n) is 19.5. The van der Waals surface area contributed by atoms with Gasteiger partial charge in [0.2, 0.25) is 17.6 Å². The van der Waals surface area contributed by atoms with E-state index in [4.69, 9.17) is 21.9 Å². The van der Waals surface area contributed by atoms with E-state index in [2.05, 4.69) is 26.7 Å². The molecule has 2 N–H and O–H groups in total. The fourth-order valence-electron chi connectivity index (χ4n) is 4.58. The minimum Gasteiger partial charge on any atom is -0.382 e. The lowest BCUT2D eigenvalue weighted by Crippen LogP contribution is -2.42. The molecule has 0 bridgehead atoms. The van der Waals surface area contributed by atoms with E-state index in [1.54, 1.807) is 21.6 Å². The van der Waals surface area contributed by atoms with Crippen LogP contribution in [0.1, 0.15) is 31.2 Å². The third-order valence-corrected chi connectivity index (χ3v) is 6.57. The Balaban J connectivity index is 1.54. The van der Waals surface area contributed by atoms with Gasteiger partial charge in [-0.05, 0) is 49.6 Å². The number of aryl methyl sites for hydroxylation is 1. The molecule has 1 aliphatic rings. The second-order valence-corrected chi connectivity index (χ2v) is 8.93. The fraction of sp³-hybridized carbons (Fsp3) is 0.333. The molecular formula is C24H25ClN8O3. The monoisotopic (exact) mass is 508 g/mol. The highest BCUT2D eigenvalue weighted by molar-refractivity contribution is 6.17. The molecule has 4 aromatic rings. The molecule has 36 heavy (non-hydrogen) atoms. The molecule has 12 heteroatoms. The summed E-state index contributed by atoms with van der Waals surface area (Å²) in [7, 11) is 0. The smallest absolute Gasteiger partial charge is 0.335 e. The van der Waals surface area contributed by atoms with E-state index >= 15 is 0 Å². The number of benzene rings is 1. The number of aromatic nitrogens is 6. The van der Waals surface area contributed by atoms with Gasteiger partial charge in [-0.15, -0.1) is 11.6 Å². The van der Waals surface area contributed by atoms with Gasteiger partial charge >= 0.3 is 5.69 Å². The van der Waals surface area contributed by atoms with Gasteiger partial charge in [-0.1, -0.05) is 11.7 Å². The molecule has 186 valence electrons. The Hall–Kier alpha value is -3.99. The van der Waals surface area contributed by atoms with Gasteiger partial charge in [0, 0.05) is 31.0 Å². The Labute approximate surface area is 211 Å². The molecular weight excluding hydrogens is 484 g/mol. The summed E-state index contributed by atoms with van der Waals surface area (Å²) >= 11 is 5.74. The first-order valence-electron chi connectivity index (χ1n) is 11.7. The maximum Gasteiger partial charge on any atom is 0.335 e. The van der Waals surface area contributed by atoms with Crippen LogP contribution in [0.5, 0.6) is 0 Å². The number of nitrogens with two attached hydrogens (primary N) is 1. The molecule has 1 saturated heterocycles. The van der Waals surface area contributed by atoms with Crippen molar-refractivity contribution in [1.82, 2.24) is 34.1 Å². The highest BCUT2D eigenvalue weighted by Crippen LogP contribution is 2.28. The van der Waals surface area contributed by atoms with E-state index in [-0.39, 0.29) is 23.5 Å². The molecule has 1 unspecified atom stereocenters. The topological polar surface area (TPSA) is 138 Å². The van der Waals surface area contributed by atoms with E-state index in [0.29, 0.717) is 54.0 Å². The number of nitrogen functional groups attached to an aromatic ring is 1. The minimum atomic E-state index is -0.300. The second-order valence-electron chi connectivity index (χ2n) is 8.55. The van der Waals surface area contributed by atoms with Gasteiger partial charge in [-0.25, -0.2) is 14.8 Å². The summed E-state index contributed by atoms with van der Waals surface area (Å²) in [5.41, 5.74) is 8.11. The number of hydrogen-bond acceptors (Lipinski definition) is 8. The standard InChI is InChI=1S/C24H25ClN8O3/c1-2-19(34)31-12-4-5-17(13-31)33-23-20(21(26)27-14-28-23)32(24(33)35)16-9-7-15(8-10-16)22-29-18(36-30-22)6-3-11-25/h2,7-10,14,17H,1,3-6,11-13H2,(H2,26,27,28). The largest absolute Gasteiger partial charge is 0.382 e. The number of fused-ring (bicyclic) bond motifs is 1. The molecule has 0 spiro atoms. The Bertz CT molecular complexity index is 1470. The van der Waals surface area contributed by atoms with E-state index in [1.807, 2.05) is 12.1 Å². The molecule has 1 aromatic carbocycles. The van der Waals surface area contributed by atoms with E-state index in [9.17, 15) is 9.59 Å². The number of carbonyl (C=O) groups is 1. The molecule has 4 heterocycles. The average Bonchev–Trinajstić information content (AvgIpc) is 3.50. The van der Waals surface area contributed by atoms with Crippen molar-refractivity contribution in [2.45, 2.75) is 31.7 Å². The molecule has 1 aliphatic heterocycles. The molecule has 3 aromatic heterocycles. The summed E-state index contributed by atoms with van der Waals surface area (Å²) in [6, 6.07) is 6.95. The third-order valence-electron chi connectivity index (χ3n) is 6.30. The SMILES string of the molecule is C=CC(=O)N1CCCC(n2c(=O)n(-c3ccc(-c4noc(CCCCl)n4)cc3)c3c(N)ncnc32)C1. The number of piperidine rings is 1. The highest BCUT2D eigenvalue weighted by atomic mass is 35.5. The van der Waals surface area contributed by atoms with Crippen LogP contribution >= 0.6 is 11.6 Å². The maximum absolute atomic E-state index is 13.8. The summed E-state index contributed by atoms with van der Waals surface area (Å²) < 4.78 is 8.41. The molecule has 0 radical (unpaired) electrons. The van der Waals surface area contributed by atoms with Crippen LogP contribution in [0.3, 0.4) is 0 Å². The predicted molar refractivity (Wildman–Crippen MR) is 135 cm³/mol. The minimum absolute atomic E-state index is 0.159. The van der Waals surface area contributed by atoms with Crippen LogP contribution in [-0.4, -0.2) is 59.0 Å². The summed E-state index contributed by atoms with van der Waals surface area (Å²) in [5, 5.41) is 4.04. The molecule has 0 aliphatic carbocycles. The van der Waals surface area contributed by atoms with E-state index in [1.165, 1.54) is 17.0 Å². The van der Waals surface area contributed by atoms with Crippen molar-refractivity contribution in [1.29, 1.82) is 0 Å². The lowest BCUT2D eigenvalue weighted by atomic mass is 10.1. The van der Waals surface area contributed by atoms with Gasteiger partial charge in [0.15, 0.2) is 11.5 Å². The number of carbonyl (C=O) groups excluding carboxylic acids is 1. The molecule has 5 rings (SSSR count). The Kier molecular flexibility index (Phi) is 6.55. The molecule has 11 nitrogen and oxygen atoms in total. The van der Waals surface area contributed by atoms with Crippen LogP contribution in [0.25, 0.3) is 28.2 Å². The van der Waals surface area contributed by atoms with Gasteiger partial charge in [0.1, 0.15) is 11.8 Å². The quantitative estimate of drug-likeness (QED) is 0.297. The van der Waals surface area contributed by atoms with Crippen molar-refractivity contribution in [2.75, 3.05) is 24.7 Å². The first-order chi connectivity index (χ1) is 17.5. The number of halogens is 1. The second kappa shape index (κ2) is 9.94. The number of alkyl halides is 1. The maximum atomic E-state index is 13.8. The number of nitrogens with zero attached hydrogens (tertiary/aromatic N) is 7. The van der Waals surface area contributed by atoms with Crippen LogP contribution in [-0.2, 0) is 11.2 Å². The van der Waals surface area contributed by atoms with Crippen molar-refractivity contribution in [3.8, 4) is 17.1 Å². The molecule has 0 saturated carbocycles. The van der Waals surface area contributed by atoms with E-state index < -0.39 is 0 Å². The lowest BCUT2D eigenvalue weighted by molar-refractivity contribution is -0.127. The Morgan fingerprint density at radius 3 is 2.83 bits per heavy atom. The first kappa shape index (κ1) is 23.7. The van der Waals surface area contributed by atoms with Crippen LogP contribution in [0.2, 0.25) is 0 Å². The van der Waals surface area contributed by atoms with Crippen molar-refractivity contribution in [3.63, 3.8) is 0 Å². The number of hydrogen-bond donors (Lipinski definition) is 1. The number of imidazole rings is 1. The summed E-state index contributed by atoms with van der Waals surface area (Å²) in [5.74, 6) is 1.53.